The van der Waals surface area contributed by atoms with Crippen molar-refractivity contribution in [2.45, 2.75) is 77.0 Å². The van der Waals surface area contributed by atoms with Crippen molar-refractivity contribution in [1.82, 2.24) is 0 Å². The van der Waals surface area contributed by atoms with Crippen molar-refractivity contribution in [2.75, 3.05) is 9.80 Å². The van der Waals surface area contributed by atoms with E-state index >= 15 is 0 Å². The van der Waals surface area contributed by atoms with Gasteiger partial charge in [-0.1, -0.05) is 144 Å². The topological polar surface area (TPSA) is 6.48 Å². The molecule has 2 nitrogen and oxygen atoms in total. The molecular formula is C58H54N2. The van der Waals surface area contributed by atoms with Crippen LogP contribution in [0.25, 0.3) is 10.8 Å². The van der Waals surface area contributed by atoms with Crippen molar-refractivity contribution in [3.05, 3.63) is 226 Å². The molecule has 0 atom stereocenters. The standard InChI is InChI=1S/C58H54N2/c1-39-11-19-43(20-12-39)47-35-49(36-47)45-23-31-53(32-24-45)59(51-27-15-41(3)16-28-51)57-9-5-8-56-55(57)7-6-10-58(56)60(52-29-17-42(4)18-30-52)54-33-25-46(26-34-54)50-37-48(38-50)44-21-13-40(2)14-22-44/h5-34,47-50H,35-38H2,1-4H3. The molecule has 0 heterocycles. The highest BCUT2D eigenvalue weighted by Crippen LogP contribution is 2.50. The lowest BCUT2D eigenvalue weighted by atomic mass is 9.68. The predicted molar refractivity (Wildman–Crippen MR) is 255 cm³/mol. The van der Waals surface area contributed by atoms with Gasteiger partial charge < -0.3 is 9.80 Å². The molecule has 0 unspecified atom stereocenters. The van der Waals surface area contributed by atoms with Gasteiger partial charge in [0.15, 0.2) is 0 Å². The molecule has 8 aromatic rings. The average molecular weight is 779 g/mol. The second-order valence-corrected chi connectivity index (χ2v) is 17.7. The third-order valence-electron chi connectivity index (χ3n) is 13.6. The second-order valence-electron chi connectivity index (χ2n) is 17.7. The molecule has 0 radical (unpaired) electrons. The molecule has 60 heavy (non-hydrogen) atoms. The van der Waals surface area contributed by atoms with Crippen molar-refractivity contribution < 1.29 is 0 Å². The van der Waals surface area contributed by atoms with Gasteiger partial charge in [-0.2, -0.15) is 0 Å². The van der Waals surface area contributed by atoms with Gasteiger partial charge in [0.25, 0.3) is 0 Å². The summed E-state index contributed by atoms with van der Waals surface area (Å²) in [6.07, 6.45) is 4.85. The van der Waals surface area contributed by atoms with Crippen LogP contribution in [0, 0.1) is 27.7 Å². The molecule has 296 valence electrons. The normalized spacial score (nSPS) is 18.4. The Bertz CT molecular complexity index is 2520. The molecule has 2 aliphatic carbocycles. The summed E-state index contributed by atoms with van der Waals surface area (Å²) in [7, 11) is 0. The molecule has 0 N–H and O–H groups in total. The Balaban J connectivity index is 0.984. The SMILES string of the molecule is Cc1ccc(C2CC(c3ccc(N(c4ccc(C)cc4)c4cccc5c(N(c6ccc(C)cc6)c6ccc(C7CC(c8ccc(C)cc8)C7)cc6)cccc45)cc3)C2)cc1. The van der Waals surface area contributed by atoms with Gasteiger partial charge in [-0.05, 0) is 160 Å². The van der Waals surface area contributed by atoms with Gasteiger partial charge in [0.1, 0.15) is 0 Å². The number of nitrogens with zero attached hydrogens (tertiary/aromatic N) is 2. The first-order valence-electron chi connectivity index (χ1n) is 21.9. The molecular weight excluding hydrogens is 725 g/mol. The molecule has 0 aliphatic heterocycles. The zero-order valence-corrected chi connectivity index (χ0v) is 35.4. The fourth-order valence-corrected chi connectivity index (χ4v) is 9.70. The molecule has 0 amide bonds. The molecule has 10 rings (SSSR count). The summed E-state index contributed by atoms with van der Waals surface area (Å²) in [5, 5.41) is 2.43. The maximum Gasteiger partial charge on any atom is 0.0540 e. The van der Waals surface area contributed by atoms with Crippen LogP contribution in [-0.2, 0) is 0 Å². The molecule has 0 saturated heterocycles. The summed E-state index contributed by atoms with van der Waals surface area (Å²) in [5.74, 6) is 2.51. The molecule has 0 bridgehead atoms. The van der Waals surface area contributed by atoms with E-state index in [1.165, 1.54) is 104 Å². The van der Waals surface area contributed by atoms with E-state index in [0.717, 1.165) is 11.4 Å². The number of anilines is 6. The molecule has 2 aliphatic rings. The minimum atomic E-state index is 0.601. The van der Waals surface area contributed by atoms with Crippen LogP contribution in [0.3, 0.4) is 0 Å². The highest BCUT2D eigenvalue weighted by atomic mass is 15.2. The van der Waals surface area contributed by atoms with Crippen LogP contribution < -0.4 is 9.80 Å². The first kappa shape index (κ1) is 37.9. The van der Waals surface area contributed by atoms with Crippen molar-refractivity contribution >= 4 is 44.9 Å². The maximum absolute atomic E-state index is 2.44. The maximum atomic E-state index is 2.44. The minimum Gasteiger partial charge on any atom is -0.310 e. The Morgan fingerprint density at radius 3 is 0.800 bits per heavy atom. The number of hydrogen-bond donors (Lipinski definition) is 0. The lowest BCUT2D eigenvalue weighted by molar-refractivity contribution is 0.351. The summed E-state index contributed by atoms with van der Waals surface area (Å²) in [4.78, 5) is 4.89. The van der Waals surface area contributed by atoms with Crippen LogP contribution >= 0.6 is 0 Å². The predicted octanol–water partition coefficient (Wildman–Crippen LogP) is 16.3. The van der Waals surface area contributed by atoms with Gasteiger partial charge in [0.05, 0.1) is 11.4 Å². The van der Waals surface area contributed by atoms with Crippen LogP contribution in [0.2, 0.25) is 0 Å². The van der Waals surface area contributed by atoms with E-state index in [9.17, 15) is 0 Å². The Kier molecular flexibility index (Phi) is 10.1. The van der Waals surface area contributed by atoms with E-state index in [1.54, 1.807) is 0 Å². The van der Waals surface area contributed by atoms with Gasteiger partial charge in [0, 0.05) is 33.5 Å². The number of rotatable bonds is 10. The fraction of sp³-hybridized carbons (Fsp3) is 0.207. The molecule has 2 fully saturated rings. The number of aryl methyl sites for hydroxylation is 4. The van der Waals surface area contributed by atoms with Crippen molar-refractivity contribution in [3.63, 3.8) is 0 Å². The largest absolute Gasteiger partial charge is 0.310 e. The van der Waals surface area contributed by atoms with E-state index < -0.39 is 0 Å². The zero-order chi connectivity index (χ0) is 40.7. The zero-order valence-electron chi connectivity index (χ0n) is 35.4. The molecule has 2 heteroatoms. The lowest BCUT2D eigenvalue weighted by Crippen LogP contribution is -2.20. The number of benzene rings is 8. The van der Waals surface area contributed by atoms with E-state index in [4.69, 9.17) is 0 Å². The van der Waals surface area contributed by atoms with Crippen LogP contribution in [0.5, 0.6) is 0 Å². The Labute approximate surface area is 356 Å². The van der Waals surface area contributed by atoms with Gasteiger partial charge in [0.2, 0.25) is 0 Å². The van der Waals surface area contributed by atoms with Gasteiger partial charge >= 0.3 is 0 Å². The van der Waals surface area contributed by atoms with Gasteiger partial charge in [-0.15, -0.1) is 0 Å². The third kappa shape index (κ3) is 7.41. The summed E-state index contributed by atoms with van der Waals surface area (Å²) < 4.78 is 0. The quantitative estimate of drug-likeness (QED) is 0.136. The molecule has 0 aromatic heterocycles. The Morgan fingerprint density at radius 2 is 0.517 bits per heavy atom. The van der Waals surface area contributed by atoms with E-state index in [0.29, 0.717) is 23.7 Å². The third-order valence-corrected chi connectivity index (χ3v) is 13.6. The monoisotopic (exact) mass is 778 g/mol. The fourth-order valence-electron chi connectivity index (χ4n) is 9.70. The second kappa shape index (κ2) is 16.0. The molecule has 0 spiro atoms. The van der Waals surface area contributed by atoms with Crippen molar-refractivity contribution in [1.29, 1.82) is 0 Å². The van der Waals surface area contributed by atoms with Gasteiger partial charge in [-0.3, -0.25) is 0 Å². The van der Waals surface area contributed by atoms with E-state index in [1.807, 2.05) is 0 Å². The Hall–Kier alpha value is -6.38. The first-order valence-corrected chi connectivity index (χ1v) is 21.9. The molecule has 8 aromatic carbocycles. The van der Waals surface area contributed by atoms with Crippen LogP contribution in [0.1, 0.15) is 93.9 Å². The highest BCUT2D eigenvalue weighted by Gasteiger charge is 2.33. The van der Waals surface area contributed by atoms with Crippen LogP contribution in [0.15, 0.2) is 182 Å². The van der Waals surface area contributed by atoms with Crippen LogP contribution in [0.4, 0.5) is 34.1 Å². The minimum absolute atomic E-state index is 0.601. The summed E-state index contributed by atoms with van der Waals surface area (Å²) in [6.45, 7) is 8.66. The number of hydrogen-bond acceptors (Lipinski definition) is 2. The lowest BCUT2D eigenvalue weighted by Gasteiger charge is -2.36. The highest BCUT2D eigenvalue weighted by molar-refractivity contribution is 6.06. The van der Waals surface area contributed by atoms with E-state index in [-0.39, 0.29) is 0 Å². The van der Waals surface area contributed by atoms with Crippen molar-refractivity contribution in [3.8, 4) is 0 Å². The number of fused-ring (bicyclic) bond motifs is 1. The average Bonchev–Trinajstić information content (AvgIpc) is 3.24. The first-order chi connectivity index (χ1) is 29.3. The Morgan fingerprint density at radius 1 is 0.283 bits per heavy atom. The molecule has 2 saturated carbocycles. The summed E-state index contributed by atoms with van der Waals surface area (Å²) in [5.41, 5.74) is 18.0. The van der Waals surface area contributed by atoms with E-state index in [2.05, 4.69) is 219 Å². The van der Waals surface area contributed by atoms with Crippen LogP contribution in [-0.4, -0.2) is 0 Å². The summed E-state index contributed by atoms with van der Waals surface area (Å²) >= 11 is 0. The smallest absolute Gasteiger partial charge is 0.0540 e. The van der Waals surface area contributed by atoms with Gasteiger partial charge in [-0.25, -0.2) is 0 Å². The summed E-state index contributed by atoms with van der Waals surface area (Å²) in [6, 6.07) is 68.7. The van der Waals surface area contributed by atoms with Crippen molar-refractivity contribution in [2.24, 2.45) is 0 Å².